The average molecular weight is 238 g/mol. The molecule has 2 unspecified atom stereocenters. The number of nitrogens with two attached hydrogens (primary N) is 1. The minimum Gasteiger partial charge on any atom is -0.392 e. The van der Waals surface area contributed by atoms with Gasteiger partial charge in [-0.25, -0.2) is 0 Å². The summed E-state index contributed by atoms with van der Waals surface area (Å²) in [7, 11) is 0. The van der Waals surface area contributed by atoms with Crippen molar-refractivity contribution in [2.24, 2.45) is 5.73 Å². The minimum absolute atomic E-state index is 0.220. The number of aryl methyl sites for hydroxylation is 2. The average Bonchev–Trinajstić information content (AvgIpc) is 2.28. The number of aromatic nitrogens is 2. The molecule has 94 valence electrons. The van der Waals surface area contributed by atoms with Crippen LogP contribution in [0.2, 0.25) is 0 Å². The van der Waals surface area contributed by atoms with Crippen molar-refractivity contribution in [3.05, 3.63) is 23.0 Å². The second kappa shape index (κ2) is 5.70. The first-order valence-electron chi connectivity index (χ1n) is 5.44. The number of carbonyl (C=O) groups excluding carboxylic acids is 1. The Morgan fingerprint density at radius 2 is 2.18 bits per heavy atom. The molecule has 0 saturated carbocycles. The molecule has 2 atom stereocenters. The Morgan fingerprint density at radius 3 is 2.76 bits per heavy atom. The minimum atomic E-state index is -0.659. The number of aliphatic hydroxyl groups is 1. The lowest BCUT2D eigenvalue weighted by Gasteiger charge is -2.15. The predicted octanol–water partition coefficient (Wildman–Crippen LogP) is -0.469. The molecule has 0 aromatic carbocycles. The quantitative estimate of drug-likeness (QED) is 0.658. The molecule has 4 N–H and O–H groups in total. The Kier molecular flexibility index (Phi) is 4.53. The molecule has 0 radical (unpaired) electrons. The van der Waals surface area contributed by atoms with Crippen molar-refractivity contribution in [1.82, 2.24) is 15.5 Å². The van der Waals surface area contributed by atoms with Gasteiger partial charge in [-0.15, -0.1) is 0 Å². The summed E-state index contributed by atoms with van der Waals surface area (Å²) in [6, 6.07) is 1.20. The zero-order chi connectivity index (χ0) is 13.0. The topological polar surface area (TPSA) is 101 Å². The highest BCUT2D eigenvalue weighted by Crippen LogP contribution is 2.04. The Hall–Kier alpha value is -1.53. The van der Waals surface area contributed by atoms with E-state index < -0.39 is 12.1 Å². The number of aliphatic hydroxyl groups excluding tert-OH is 1. The SMILES string of the molecule is Cc1cc(C(=O)NCC(N)C(C)O)c(C)nn1. The van der Waals surface area contributed by atoms with Crippen LogP contribution in [-0.2, 0) is 0 Å². The van der Waals surface area contributed by atoms with E-state index >= 15 is 0 Å². The number of amides is 1. The molecule has 1 rings (SSSR count). The standard InChI is InChI=1S/C11H18N4O2/c1-6-4-9(7(2)15-14-6)11(17)13-5-10(12)8(3)16/h4,8,10,16H,5,12H2,1-3H3,(H,13,17). The van der Waals surface area contributed by atoms with Gasteiger partial charge < -0.3 is 16.2 Å². The van der Waals surface area contributed by atoms with E-state index in [-0.39, 0.29) is 12.5 Å². The Labute approximate surface area is 100 Å². The normalized spacial score (nSPS) is 14.2. The zero-order valence-corrected chi connectivity index (χ0v) is 10.3. The fourth-order valence-corrected chi connectivity index (χ4v) is 1.26. The fraction of sp³-hybridized carbons (Fsp3) is 0.545. The van der Waals surface area contributed by atoms with E-state index in [1.165, 1.54) is 0 Å². The second-order valence-electron chi connectivity index (χ2n) is 4.10. The number of nitrogens with one attached hydrogen (secondary N) is 1. The van der Waals surface area contributed by atoms with Crippen LogP contribution in [0, 0.1) is 13.8 Å². The summed E-state index contributed by atoms with van der Waals surface area (Å²) in [4.78, 5) is 11.8. The third-order valence-electron chi connectivity index (χ3n) is 2.46. The number of hydrogen-bond acceptors (Lipinski definition) is 5. The van der Waals surface area contributed by atoms with E-state index in [1.54, 1.807) is 26.8 Å². The van der Waals surface area contributed by atoms with Crippen molar-refractivity contribution in [2.75, 3.05) is 6.54 Å². The van der Waals surface area contributed by atoms with Crippen LogP contribution in [0.3, 0.4) is 0 Å². The zero-order valence-electron chi connectivity index (χ0n) is 10.3. The van der Waals surface area contributed by atoms with Gasteiger partial charge in [-0.1, -0.05) is 0 Å². The van der Waals surface area contributed by atoms with Crippen LogP contribution in [0.15, 0.2) is 6.07 Å². The molecular weight excluding hydrogens is 220 g/mol. The first-order chi connectivity index (χ1) is 7.91. The smallest absolute Gasteiger partial charge is 0.253 e. The Bertz CT molecular complexity index is 406. The third-order valence-corrected chi connectivity index (χ3v) is 2.46. The summed E-state index contributed by atoms with van der Waals surface area (Å²) in [6.45, 7) is 5.29. The van der Waals surface area contributed by atoms with E-state index in [9.17, 15) is 9.90 Å². The third kappa shape index (κ3) is 3.76. The highest BCUT2D eigenvalue weighted by Gasteiger charge is 2.14. The fourth-order valence-electron chi connectivity index (χ4n) is 1.26. The molecule has 0 fully saturated rings. The van der Waals surface area contributed by atoms with Gasteiger partial charge in [-0.3, -0.25) is 4.79 Å². The molecule has 0 spiro atoms. The van der Waals surface area contributed by atoms with Gasteiger partial charge in [0, 0.05) is 12.6 Å². The first-order valence-corrected chi connectivity index (χ1v) is 5.44. The summed E-state index contributed by atoms with van der Waals surface area (Å²) in [5, 5.41) is 19.6. The van der Waals surface area contributed by atoms with Crippen molar-refractivity contribution in [3.63, 3.8) is 0 Å². The molecule has 0 aliphatic rings. The van der Waals surface area contributed by atoms with Gasteiger partial charge in [-0.2, -0.15) is 10.2 Å². The maximum absolute atomic E-state index is 11.8. The number of nitrogens with zero attached hydrogens (tertiary/aromatic N) is 2. The molecule has 0 saturated heterocycles. The lowest BCUT2D eigenvalue weighted by atomic mass is 10.1. The van der Waals surface area contributed by atoms with Gasteiger partial charge in [0.05, 0.1) is 23.1 Å². The van der Waals surface area contributed by atoms with Crippen molar-refractivity contribution >= 4 is 5.91 Å². The molecule has 6 heteroatoms. The van der Waals surface area contributed by atoms with Crippen molar-refractivity contribution < 1.29 is 9.90 Å². The molecule has 1 heterocycles. The Morgan fingerprint density at radius 1 is 1.53 bits per heavy atom. The van der Waals surface area contributed by atoms with Crippen LogP contribution in [0.4, 0.5) is 0 Å². The van der Waals surface area contributed by atoms with Crippen LogP contribution in [0.5, 0.6) is 0 Å². The summed E-state index contributed by atoms with van der Waals surface area (Å²) in [5.74, 6) is -0.253. The number of carbonyl (C=O) groups is 1. The van der Waals surface area contributed by atoms with Crippen molar-refractivity contribution in [2.45, 2.75) is 32.9 Å². The van der Waals surface area contributed by atoms with E-state index in [4.69, 9.17) is 5.73 Å². The Balaban J connectivity index is 2.67. The van der Waals surface area contributed by atoms with E-state index in [1.807, 2.05) is 0 Å². The lowest BCUT2D eigenvalue weighted by molar-refractivity contribution is 0.0936. The molecule has 1 amide bonds. The molecule has 17 heavy (non-hydrogen) atoms. The van der Waals surface area contributed by atoms with Gasteiger partial charge in [0.2, 0.25) is 0 Å². The highest BCUT2D eigenvalue weighted by atomic mass is 16.3. The van der Waals surface area contributed by atoms with E-state index in [0.717, 1.165) is 0 Å². The number of hydrogen-bond donors (Lipinski definition) is 3. The largest absolute Gasteiger partial charge is 0.392 e. The van der Waals surface area contributed by atoms with E-state index in [0.29, 0.717) is 17.0 Å². The van der Waals surface area contributed by atoms with Crippen LogP contribution in [0.1, 0.15) is 28.7 Å². The predicted molar refractivity (Wildman–Crippen MR) is 63.5 cm³/mol. The van der Waals surface area contributed by atoms with Gasteiger partial charge >= 0.3 is 0 Å². The molecule has 0 aliphatic heterocycles. The summed E-state index contributed by atoms with van der Waals surface area (Å²) < 4.78 is 0. The molecule has 1 aromatic rings. The second-order valence-corrected chi connectivity index (χ2v) is 4.10. The van der Waals surface area contributed by atoms with Crippen LogP contribution < -0.4 is 11.1 Å². The van der Waals surface area contributed by atoms with Crippen LogP contribution in [-0.4, -0.2) is 39.9 Å². The monoisotopic (exact) mass is 238 g/mol. The summed E-state index contributed by atoms with van der Waals surface area (Å²) >= 11 is 0. The maximum atomic E-state index is 11.8. The van der Waals surface area contributed by atoms with Gasteiger partial charge in [0.1, 0.15) is 0 Å². The van der Waals surface area contributed by atoms with Crippen molar-refractivity contribution in [1.29, 1.82) is 0 Å². The highest BCUT2D eigenvalue weighted by molar-refractivity contribution is 5.95. The summed E-state index contributed by atoms with van der Waals surface area (Å²) in [6.07, 6.45) is -0.659. The number of rotatable bonds is 4. The van der Waals surface area contributed by atoms with Crippen LogP contribution in [0.25, 0.3) is 0 Å². The summed E-state index contributed by atoms with van der Waals surface area (Å²) in [5.41, 5.74) is 7.35. The molecule has 6 nitrogen and oxygen atoms in total. The maximum Gasteiger partial charge on any atom is 0.253 e. The molecule has 1 aromatic heterocycles. The molecule has 0 bridgehead atoms. The molecule has 0 aliphatic carbocycles. The lowest BCUT2D eigenvalue weighted by Crippen LogP contribution is -2.43. The van der Waals surface area contributed by atoms with Crippen LogP contribution >= 0.6 is 0 Å². The van der Waals surface area contributed by atoms with Gasteiger partial charge in [0.25, 0.3) is 5.91 Å². The van der Waals surface area contributed by atoms with Crippen molar-refractivity contribution in [3.8, 4) is 0 Å². The van der Waals surface area contributed by atoms with E-state index in [2.05, 4.69) is 15.5 Å². The molecular formula is C11H18N4O2. The van der Waals surface area contributed by atoms with Gasteiger partial charge in [0.15, 0.2) is 0 Å². The van der Waals surface area contributed by atoms with Gasteiger partial charge in [-0.05, 0) is 26.8 Å². The first kappa shape index (κ1) is 13.5.